The van der Waals surface area contributed by atoms with Crippen molar-refractivity contribution in [2.75, 3.05) is 7.05 Å². The summed E-state index contributed by atoms with van der Waals surface area (Å²) in [5.41, 5.74) is 6.81. The Morgan fingerprint density at radius 2 is 2.05 bits per heavy atom. The molecule has 2 atom stereocenters. The molecule has 0 unspecified atom stereocenters. The van der Waals surface area contributed by atoms with E-state index in [9.17, 15) is 14.0 Å². The Hall–Kier alpha value is -2.70. The summed E-state index contributed by atoms with van der Waals surface area (Å²) < 4.78 is 14.5. The SMILES string of the molecule is CN1C(=O)C[C@@H](C(N)=O)[C@@H]1c1cnn(-c2ccc(F)cc2)c1. The maximum absolute atomic E-state index is 13.0. The van der Waals surface area contributed by atoms with E-state index in [1.807, 2.05) is 0 Å². The molecule has 0 aliphatic carbocycles. The minimum absolute atomic E-state index is 0.109. The van der Waals surface area contributed by atoms with Gasteiger partial charge in [0, 0.05) is 25.2 Å². The van der Waals surface area contributed by atoms with Crippen LogP contribution in [0, 0.1) is 11.7 Å². The van der Waals surface area contributed by atoms with E-state index in [0.29, 0.717) is 5.69 Å². The highest BCUT2D eigenvalue weighted by Gasteiger charge is 2.42. The zero-order valence-corrected chi connectivity index (χ0v) is 11.9. The van der Waals surface area contributed by atoms with Gasteiger partial charge in [0.05, 0.1) is 23.8 Å². The first-order valence-corrected chi connectivity index (χ1v) is 6.83. The normalized spacial score (nSPS) is 21.4. The molecule has 2 aromatic rings. The van der Waals surface area contributed by atoms with Gasteiger partial charge in [0.2, 0.25) is 11.8 Å². The number of likely N-dealkylation sites (tertiary alicyclic amines) is 1. The average Bonchev–Trinajstić information content (AvgIpc) is 3.06. The van der Waals surface area contributed by atoms with Gasteiger partial charge in [-0.1, -0.05) is 0 Å². The van der Waals surface area contributed by atoms with Gasteiger partial charge in [-0.3, -0.25) is 9.59 Å². The van der Waals surface area contributed by atoms with Gasteiger partial charge >= 0.3 is 0 Å². The third-order valence-corrected chi connectivity index (χ3v) is 3.99. The van der Waals surface area contributed by atoms with Crippen LogP contribution in [0.5, 0.6) is 0 Å². The zero-order valence-electron chi connectivity index (χ0n) is 11.9. The van der Waals surface area contributed by atoms with Crippen LogP contribution in [0.15, 0.2) is 36.7 Å². The molecule has 0 bridgehead atoms. The smallest absolute Gasteiger partial charge is 0.223 e. The van der Waals surface area contributed by atoms with Gasteiger partial charge in [-0.15, -0.1) is 0 Å². The molecule has 1 saturated heterocycles. The number of hydrogen-bond acceptors (Lipinski definition) is 3. The van der Waals surface area contributed by atoms with Crippen LogP contribution >= 0.6 is 0 Å². The number of nitrogens with zero attached hydrogens (tertiary/aromatic N) is 3. The van der Waals surface area contributed by atoms with Crippen molar-refractivity contribution in [3.8, 4) is 5.69 Å². The fourth-order valence-electron chi connectivity index (χ4n) is 2.81. The third kappa shape index (κ3) is 2.34. The van der Waals surface area contributed by atoms with Crippen LogP contribution in [-0.4, -0.2) is 33.5 Å². The molecule has 6 nitrogen and oxygen atoms in total. The van der Waals surface area contributed by atoms with Gasteiger partial charge < -0.3 is 10.6 Å². The summed E-state index contributed by atoms with van der Waals surface area (Å²) in [6.07, 6.45) is 3.43. The van der Waals surface area contributed by atoms with Crippen LogP contribution < -0.4 is 5.73 Å². The van der Waals surface area contributed by atoms with E-state index in [1.54, 1.807) is 36.3 Å². The standard InChI is InChI=1S/C15H15FN4O2/c1-19-13(21)6-12(15(17)22)14(19)9-7-18-20(8-9)11-4-2-10(16)3-5-11/h2-5,7-8,12,14H,6H2,1H3,(H2,17,22)/t12-,14+/m1/s1. The van der Waals surface area contributed by atoms with Gasteiger partial charge in [-0.2, -0.15) is 5.10 Å². The predicted octanol–water partition coefficient (Wildman–Crippen LogP) is 1.02. The van der Waals surface area contributed by atoms with E-state index < -0.39 is 17.9 Å². The lowest BCUT2D eigenvalue weighted by molar-refractivity contribution is -0.128. The summed E-state index contributed by atoms with van der Waals surface area (Å²) in [6, 6.07) is 5.46. The molecule has 0 spiro atoms. The van der Waals surface area contributed by atoms with Crippen LogP contribution in [0.25, 0.3) is 5.69 Å². The van der Waals surface area contributed by atoms with Gasteiger partial charge in [0.25, 0.3) is 0 Å². The maximum Gasteiger partial charge on any atom is 0.223 e. The van der Waals surface area contributed by atoms with Gasteiger partial charge in [-0.05, 0) is 24.3 Å². The summed E-state index contributed by atoms with van der Waals surface area (Å²) in [4.78, 5) is 24.9. The lowest BCUT2D eigenvalue weighted by Gasteiger charge is -2.21. The Labute approximate surface area is 126 Å². The lowest BCUT2D eigenvalue weighted by atomic mass is 9.95. The molecule has 0 saturated carbocycles. The number of carbonyl (C=O) groups excluding carboxylic acids is 2. The Morgan fingerprint density at radius 3 is 2.68 bits per heavy atom. The predicted molar refractivity (Wildman–Crippen MR) is 76.3 cm³/mol. The molecular formula is C15H15FN4O2. The Morgan fingerprint density at radius 1 is 1.36 bits per heavy atom. The Kier molecular flexibility index (Phi) is 3.40. The number of hydrogen-bond donors (Lipinski definition) is 1. The third-order valence-electron chi connectivity index (χ3n) is 3.99. The van der Waals surface area contributed by atoms with E-state index in [0.717, 1.165) is 5.56 Å². The molecule has 114 valence electrons. The summed E-state index contributed by atoms with van der Waals surface area (Å²) in [7, 11) is 1.64. The quantitative estimate of drug-likeness (QED) is 0.919. The molecule has 1 aliphatic heterocycles. The van der Waals surface area contributed by atoms with E-state index in [1.165, 1.54) is 17.0 Å². The van der Waals surface area contributed by atoms with E-state index in [4.69, 9.17) is 5.73 Å². The number of benzene rings is 1. The highest BCUT2D eigenvalue weighted by molar-refractivity contribution is 5.89. The lowest BCUT2D eigenvalue weighted by Crippen LogP contribution is -2.30. The number of aromatic nitrogens is 2. The van der Waals surface area contributed by atoms with Crippen LogP contribution in [0.2, 0.25) is 0 Å². The molecule has 7 heteroatoms. The van der Waals surface area contributed by atoms with Crippen molar-refractivity contribution in [1.29, 1.82) is 0 Å². The molecule has 2 heterocycles. The summed E-state index contributed by atoms with van der Waals surface area (Å²) >= 11 is 0. The second-order valence-electron chi connectivity index (χ2n) is 5.36. The van der Waals surface area contributed by atoms with Crippen molar-refractivity contribution >= 4 is 11.8 Å². The van der Waals surface area contributed by atoms with Crippen LogP contribution in [-0.2, 0) is 9.59 Å². The largest absolute Gasteiger partial charge is 0.369 e. The first-order chi connectivity index (χ1) is 10.5. The van der Waals surface area contributed by atoms with E-state index in [2.05, 4.69) is 5.10 Å². The van der Waals surface area contributed by atoms with Crippen LogP contribution in [0.4, 0.5) is 4.39 Å². The summed E-state index contributed by atoms with van der Waals surface area (Å²) in [5.74, 6) is -1.52. The second kappa shape index (κ2) is 5.25. The molecule has 1 aromatic carbocycles. The number of carbonyl (C=O) groups is 2. The monoisotopic (exact) mass is 302 g/mol. The van der Waals surface area contributed by atoms with Crippen molar-refractivity contribution in [3.63, 3.8) is 0 Å². The molecule has 1 fully saturated rings. The topological polar surface area (TPSA) is 81.2 Å². The highest BCUT2D eigenvalue weighted by atomic mass is 19.1. The maximum atomic E-state index is 13.0. The van der Waals surface area contributed by atoms with Gasteiger partial charge in [0.1, 0.15) is 5.82 Å². The first-order valence-electron chi connectivity index (χ1n) is 6.83. The zero-order chi connectivity index (χ0) is 15.9. The summed E-state index contributed by atoms with van der Waals surface area (Å²) in [5, 5.41) is 4.22. The molecule has 2 N–H and O–H groups in total. The van der Waals surface area contributed by atoms with Crippen molar-refractivity contribution < 1.29 is 14.0 Å². The molecule has 1 aromatic heterocycles. The number of rotatable bonds is 3. The first kappa shape index (κ1) is 14.2. The van der Waals surface area contributed by atoms with Gasteiger partial charge in [0.15, 0.2) is 0 Å². The number of primary amides is 1. The minimum Gasteiger partial charge on any atom is -0.369 e. The molecule has 22 heavy (non-hydrogen) atoms. The Bertz CT molecular complexity index is 725. The Balaban J connectivity index is 1.94. The minimum atomic E-state index is -0.566. The molecule has 2 amide bonds. The average molecular weight is 302 g/mol. The number of nitrogens with two attached hydrogens (primary N) is 1. The molecule has 3 rings (SSSR count). The molecule has 1 aliphatic rings. The van der Waals surface area contributed by atoms with Crippen molar-refractivity contribution in [3.05, 3.63) is 48.0 Å². The molecule has 0 radical (unpaired) electrons. The van der Waals surface area contributed by atoms with Crippen molar-refractivity contribution in [2.45, 2.75) is 12.5 Å². The van der Waals surface area contributed by atoms with Crippen molar-refractivity contribution in [1.82, 2.24) is 14.7 Å². The fourth-order valence-corrected chi connectivity index (χ4v) is 2.81. The van der Waals surface area contributed by atoms with Crippen LogP contribution in [0.3, 0.4) is 0 Å². The number of halogens is 1. The van der Waals surface area contributed by atoms with E-state index in [-0.39, 0.29) is 18.1 Å². The van der Waals surface area contributed by atoms with Crippen LogP contribution in [0.1, 0.15) is 18.0 Å². The fraction of sp³-hybridized carbons (Fsp3) is 0.267. The van der Waals surface area contributed by atoms with Crippen molar-refractivity contribution in [2.24, 2.45) is 11.7 Å². The highest BCUT2D eigenvalue weighted by Crippen LogP contribution is 2.36. The number of amides is 2. The molecular weight excluding hydrogens is 287 g/mol. The summed E-state index contributed by atoms with van der Waals surface area (Å²) in [6.45, 7) is 0. The second-order valence-corrected chi connectivity index (χ2v) is 5.36. The van der Waals surface area contributed by atoms with E-state index >= 15 is 0 Å². The van der Waals surface area contributed by atoms with Gasteiger partial charge in [-0.25, -0.2) is 9.07 Å².